The van der Waals surface area contributed by atoms with Crippen molar-refractivity contribution >= 4 is 33.4 Å². The highest BCUT2D eigenvalue weighted by Crippen LogP contribution is 2.32. The van der Waals surface area contributed by atoms with Crippen LogP contribution in [0.5, 0.6) is 0 Å². The Balaban J connectivity index is 2.17. The van der Waals surface area contributed by atoms with E-state index in [1.165, 1.54) is 4.90 Å². The van der Waals surface area contributed by atoms with Crippen LogP contribution in [0.15, 0.2) is 46.9 Å². The number of fused-ring (bicyclic) bond motifs is 1. The van der Waals surface area contributed by atoms with Gasteiger partial charge in [0, 0.05) is 4.47 Å². The SMILES string of the molecule is Cc1ccc(Br)cc1N1C(=O)c2ccccc2C1=O. The molecule has 2 aromatic rings. The zero-order chi connectivity index (χ0) is 13.6. The summed E-state index contributed by atoms with van der Waals surface area (Å²) in [5.41, 5.74) is 2.44. The number of amides is 2. The molecule has 2 aromatic carbocycles. The lowest BCUT2D eigenvalue weighted by atomic mass is 10.1. The summed E-state index contributed by atoms with van der Waals surface area (Å²) in [6, 6.07) is 12.4. The van der Waals surface area contributed by atoms with Crippen LogP contribution < -0.4 is 4.90 Å². The Bertz CT molecular complexity index is 674. The number of imide groups is 1. The molecule has 1 heterocycles. The minimum atomic E-state index is -0.262. The molecule has 3 rings (SSSR count). The van der Waals surface area contributed by atoms with Crippen molar-refractivity contribution in [2.45, 2.75) is 6.92 Å². The third kappa shape index (κ3) is 1.79. The Kier molecular flexibility index (Phi) is 2.75. The molecular weight excluding hydrogens is 306 g/mol. The number of hydrogen-bond donors (Lipinski definition) is 0. The lowest BCUT2D eigenvalue weighted by Gasteiger charge is -2.16. The normalized spacial score (nSPS) is 13.9. The third-order valence-corrected chi connectivity index (χ3v) is 3.70. The minimum absolute atomic E-state index is 0.262. The number of hydrogen-bond acceptors (Lipinski definition) is 2. The van der Waals surface area contributed by atoms with Gasteiger partial charge < -0.3 is 0 Å². The molecule has 0 atom stereocenters. The topological polar surface area (TPSA) is 37.4 Å². The zero-order valence-corrected chi connectivity index (χ0v) is 11.8. The van der Waals surface area contributed by atoms with Gasteiger partial charge in [0.05, 0.1) is 16.8 Å². The van der Waals surface area contributed by atoms with Gasteiger partial charge in [-0.3, -0.25) is 9.59 Å². The minimum Gasteiger partial charge on any atom is -0.268 e. The lowest BCUT2D eigenvalue weighted by molar-refractivity contribution is 0.0926. The summed E-state index contributed by atoms with van der Waals surface area (Å²) in [5.74, 6) is -0.524. The van der Waals surface area contributed by atoms with Gasteiger partial charge in [-0.25, -0.2) is 4.90 Å². The molecule has 94 valence electrons. The first-order valence-electron chi connectivity index (χ1n) is 5.83. The molecule has 1 aliphatic rings. The first-order valence-corrected chi connectivity index (χ1v) is 6.63. The van der Waals surface area contributed by atoms with Gasteiger partial charge in [0.1, 0.15) is 0 Å². The molecule has 0 radical (unpaired) electrons. The Labute approximate surface area is 119 Å². The maximum atomic E-state index is 12.4. The van der Waals surface area contributed by atoms with Crippen molar-refractivity contribution in [1.82, 2.24) is 0 Å². The standard InChI is InChI=1S/C15H10BrNO2/c1-9-6-7-10(16)8-13(9)17-14(18)11-4-2-3-5-12(11)15(17)19/h2-8H,1H3. The van der Waals surface area contributed by atoms with Crippen LogP contribution in [-0.2, 0) is 0 Å². The molecule has 1 aliphatic heterocycles. The highest BCUT2D eigenvalue weighted by molar-refractivity contribution is 9.10. The maximum Gasteiger partial charge on any atom is 0.266 e. The number of halogens is 1. The van der Waals surface area contributed by atoms with Crippen LogP contribution in [0.25, 0.3) is 0 Å². The van der Waals surface area contributed by atoms with Crippen molar-refractivity contribution in [2.75, 3.05) is 4.90 Å². The second kappa shape index (κ2) is 4.31. The van der Waals surface area contributed by atoms with Gasteiger partial charge in [0.15, 0.2) is 0 Å². The van der Waals surface area contributed by atoms with Crippen molar-refractivity contribution in [3.05, 3.63) is 63.6 Å². The summed E-state index contributed by atoms with van der Waals surface area (Å²) >= 11 is 3.37. The van der Waals surface area contributed by atoms with Crippen molar-refractivity contribution in [1.29, 1.82) is 0 Å². The molecule has 2 amide bonds. The molecule has 0 N–H and O–H groups in total. The molecule has 0 saturated heterocycles. The number of benzene rings is 2. The highest BCUT2D eigenvalue weighted by atomic mass is 79.9. The van der Waals surface area contributed by atoms with Crippen LogP contribution in [0.3, 0.4) is 0 Å². The molecule has 0 aliphatic carbocycles. The van der Waals surface area contributed by atoms with E-state index in [4.69, 9.17) is 0 Å². The molecular formula is C15H10BrNO2. The molecule has 0 bridgehead atoms. The van der Waals surface area contributed by atoms with Crippen LogP contribution in [-0.4, -0.2) is 11.8 Å². The van der Waals surface area contributed by atoms with Crippen molar-refractivity contribution in [3.63, 3.8) is 0 Å². The van der Waals surface area contributed by atoms with Crippen LogP contribution in [0, 0.1) is 6.92 Å². The van der Waals surface area contributed by atoms with Gasteiger partial charge >= 0.3 is 0 Å². The summed E-state index contributed by atoms with van der Waals surface area (Å²) in [5, 5.41) is 0. The van der Waals surface area contributed by atoms with E-state index in [1.54, 1.807) is 30.3 Å². The van der Waals surface area contributed by atoms with Crippen LogP contribution in [0.2, 0.25) is 0 Å². The summed E-state index contributed by atoms with van der Waals surface area (Å²) < 4.78 is 0.838. The monoisotopic (exact) mass is 315 g/mol. The number of rotatable bonds is 1. The van der Waals surface area contributed by atoms with E-state index in [2.05, 4.69) is 15.9 Å². The quantitative estimate of drug-likeness (QED) is 0.755. The summed E-state index contributed by atoms with van der Waals surface area (Å²) in [6.45, 7) is 1.88. The molecule has 3 nitrogen and oxygen atoms in total. The number of anilines is 1. The van der Waals surface area contributed by atoms with Crippen LogP contribution in [0.1, 0.15) is 26.3 Å². The lowest BCUT2D eigenvalue weighted by Crippen LogP contribution is -2.30. The van der Waals surface area contributed by atoms with E-state index in [1.807, 2.05) is 19.1 Å². The van der Waals surface area contributed by atoms with Crippen molar-refractivity contribution in [3.8, 4) is 0 Å². The molecule has 0 spiro atoms. The highest BCUT2D eigenvalue weighted by Gasteiger charge is 2.36. The zero-order valence-electron chi connectivity index (χ0n) is 10.2. The fourth-order valence-electron chi connectivity index (χ4n) is 2.23. The maximum absolute atomic E-state index is 12.4. The van der Waals surface area contributed by atoms with E-state index >= 15 is 0 Å². The van der Waals surface area contributed by atoms with E-state index in [9.17, 15) is 9.59 Å². The Morgan fingerprint density at radius 3 is 2.11 bits per heavy atom. The second-order valence-electron chi connectivity index (χ2n) is 4.42. The van der Waals surface area contributed by atoms with E-state index in [0.29, 0.717) is 16.8 Å². The first-order chi connectivity index (χ1) is 9.09. The summed E-state index contributed by atoms with van der Waals surface area (Å²) in [7, 11) is 0. The van der Waals surface area contributed by atoms with Gasteiger partial charge in [-0.05, 0) is 36.8 Å². The predicted octanol–water partition coefficient (Wildman–Crippen LogP) is 3.56. The Hall–Kier alpha value is -1.94. The average molecular weight is 316 g/mol. The van der Waals surface area contributed by atoms with Crippen LogP contribution >= 0.6 is 15.9 Å². The molecule has 0 saturated carbocycles. The Morgan fingerprint density at radius 2 is 1.53 bits per heavy atom. The second-order valence-corrected chi connectivity index (χ2v) is 5.34. The van der Waals surface area contributed by atoms with Crippen LogP contribution in [0.4, 0.5) is 5.69 Å². The van der Waals surface area contributed by atoms with Gasteiger partial charge in [-0.1, -0.05) is 34.1 Å². The van der Waals surface area contributed by atoms with E-state index in [0.717, 1.165) is 10.0 Å². The van der Waals surface area contributed by atoms with Gasteiger partial charge in [-0.2, -0.15) is 0 Å². The summed E-state index contributed by atoms with van der Waals surface area (Å²) in [6.07, 6.45) is 0. The smallest absolute Gasteiger partial charge is 0.266 e. The number of carbonyl (C=O) groups excluding carboxylic acids is 2. The molecule has 0 fully saturated rings. The van der Waals surface area contributed by atoms with Crippen molar-refractivity contribution in [2.24, 2.45) is 0 Å². The number of aryl methyl sites for hydroxylation is 1. The summed E-state index contributed by atoms with van der Waals surface area (Å²) in [4.78, 5) is 26.0. The fourth-order valence-corrected chi connectivity index (χ4v) is 2.58. The molecule has 0 unspecified atom stereocenters. The third-order valence-electron chi connectivity index (χ3n) is 3.21. The molecule has 4 heteroatoms. The van der Waals surface area contributed by atoms with Crippen molar-refractivity contribution < 1.29 is 9.59 Å². The number of carbonyl (C=O) groups is 2. The Morgan fingerprint density at radius 1 is 0.947 bits per heavy atom. The largest absolute Gasteiger partial charge is 0.268 e. The van der Waals surface area contributed by atoms with Gasteiger partial charge in [0.25, 0.3) is 11.8 Å². The average Bonchev–Trinajstić information content (AvgIpc) is 2.66. The first kappa shape index (κ1) is 12.1. The molecule has 0 aromatic heterocycles. The van der Waals surface area contributed by atoms with E-state index in [-0.39, 0.29) is 11.8 Å². The predicted molar refractivity (Wildman–Crippen MR) is 76.5 cm³/mol. The van der Waals surface area contributed by atoms with E-state index < -0.39 is 0 Å². The fraction of sp³-hybridized carbons (Fsp3) is 0.0667. The molecule has 19 heavy (non-hydrogen) atoms. The van der Waals surface area contributed by atoms with Gasteiger partial charge in [0.2, 0.25) is 0 Å². The van der Waals surface area contributed by atoms with Gasteiger partial charge in [-0.15, -0.1) is 0 Å². The number of nitrogens with zero attached hydrogens (tertiary/aromatic N) is 1.